The molecular formula is C21H35BrO3Si. The standard InChI is InChI=1S/C21H35BrO3Si/c1-17-15-18(20(23)24-17)16-19(25-26(5,6)21(2,3)4)13-11-9-7-8-10-12-14-22/h15,17,19H,7-11,13,16H2,1-6H3/t17-,19+/m0/s1. The molecule has 0 fully saturated rings. The zero-order chi connectivity index (χ0) is 19.8. The number of carbonyl (C=O) groups is 1. The van der Waals surface area contributed by atoms with Gasteiger partial charge in [0.05, 0.1) is 0 Å². The van der Waals surface area contributed by atoms with Crippen LogP contribution in [0.1, 0.15) is 72.6 Å². The molecule has 0 amide bonds. The first-order valence-corrected chi connectivity index (χ1v) is 13.4. The van der Waals surface area contributed by atoms with E-state index in [1.54, 1.807) is 0 Å². The number of hydrogen-bond acceptors (Lipinski definition) is 3. The number of cyclic esters (lactones) is 1. The lowest BCUT2D eigenvalue weighted by atomic mass is 10.0. The third kappa shape index (κ3) is 7.98. The first kappa shape index (κ1) is 23.5. The number of esters is 1. The van der Waals surface area contributed by atoms with Gasteiger partial charge in [-0.1, -0.05) is 46.0 Å². The summed E-state index contributed by atoms with van der Waals surface area (Å²) in [6.45, 7) is 13.2. The van der Waals surface area contributed by atoms with Gasteiger partial charge in [0.15, 0.2) is 8.32 Å². The summed E-state index contributed by atoms with van der Waals surface area (Å²) in [6.07, 6.45) is 9.19. The highest BCUT2D eigenvalue weighted by molar-refractivity contribution is 9.12. The number of carbonyl (C=O) groups excluding carboxylic acids is 1. The van der Waals surface area contributed by atoms with Crippen LogP contribution in [0.2, 0.25) is 18.1 Å². The monoisotopic (exact) mass is 442 g/mol. The van der Waals surface area contributed by atoms with Crippen LogP contribution in [0.15, 0.2) is 11.6 Å². The van der Waals surface area contributed by atoms with E-state index in [0.717, 1.165) is 31.3 Å². The molecule has 0 aromatic carbocycles. The van der Waals surface area contributed by atoms with E-state index < -0.39 is 8.32 Å². The van der Waals surface area contributed by atoms with Gasteiger partial charge in [0.2, 0.25) is 0 Å². The first-order chi connectivity index (χ1) is 12.1. The Bertz CT molecular complexity index is 552. The lowest BCUT2D eigenvalue weighted by Crippen LogP contribution is -2.44. The number of ether oxygens (including phenoxy) is 1. The van der Waals surface area contributed by atoms with E-state index >= 15 is 0 Å². The highest BCUT2D eigenvalue weighted by atomic mass is 79.9. The van der Waals surface area contributed by atoms with E-state index in [4.69, 9.17) is 9.16 Å². The van der Waals surface area contributed by atoms with Crippen LogP contribution in [0.25, 0.3) is 0 Å². The van der Waals surface area contributed by atoms with Crippen molar-refractivity contribution in [3.8, 4) is 10.8 Å². The number of halogens is 1. The predicted octanol–water partition coefficient (Wildman–Crippen LogP) is 6.34. The molecule has 0 aliphatic carbocycles. The maximum absolute atomic E-state index is 12.0. The molecule has 2 atom stereocenters. The maximum Gasteiger partial charge on any atom is 0.334 e. The molecule has 148 valence electrons. The van der Waals surface area contributed by atoms with Crippen LogP contribution in [-0.4, -0.2) is 26.5 Å². The zero-order valence-electron chi connectivity index (χ0n) is 17.3. The van der Waals surface area contributed by atoms with Crippen molar-refractivity contribution in [1.29, 1.82) is 0 Å². The fourth-order valence-electron chi connectivity index (χ4n) is 2.81. The number of rotatable bonds is 10. The minimum absolute atomic E-state index is 0.0994. The van der Waals surface area contributed by atoms with Crippen molar-refractivity contribution in [2.24, 2.45) is 0 Å². The Morgan fingerprint density at radius 3 is 2.46 bits per heavy atom. The lowest BCUT2D eigenvalue weighted by Gasteiger charge is -2.39. The zero-order valence-corrected chi connectivity index (χ0v) is 19.9. The van der Waals surface area contributed by atoms with Crippen molar-refractivity contribution in [2.75, 3.05) is 0 Å². The fraction of sp³-hybridized carbons (Fsp3) is 0.762. The summed E-state index contributed by atoms with van der Waals surface area (Å²) in [7, 11) is -1.87. The summed E-state index contributed by atoms with van der Waals surface area (Å²) in [5, 5.41) is 0.164. The summed E-state index contributed by atoms with van der Waals surface area (Å²) < 4.78 is 11.9. The lowest BCUT2D eigenvalue weighted by molar-refractivity contribution is -0.139. The first-order valence-electron chi connectivity index (χ1n) is 9.75. The minimum Gasteiger partial charge on any atom is -0.455 e. The van der Waals surface area contributed by atoms with Crippen molar-refractivity contribution in [1.82, 2.24) is 0 Å². The minimum atomic E-state index is -1.87. The Hall–Kier alpha value is -0.573. The van der Waals surface area contributed by atoms with Crippen LogP contribution in [0.5, 0.6) is 0 Å². The van der Waals surface area contributed by atoms with Crippen molar-refractivity contribution in [3.63, 3.8) is 0 Å². The normalized spacial score (nSPS) is 18.8. The molecule has 0 N–H and O–H groups in total. The molecule has 0 aromatic rings. The molecule has 0 aromatic heterocycles. The van der Waals surface area contributed by atoms with Gasteiger partial charge < -0.3 is 9.16 Å². The van der Waals surface area contributed by atoms with Crippen LogP contribution in [0, 0.1) is 10.8 Å². The van der Waals surface area contributed by atoms with Crippen LogP contribution in [0.3, 0.4) is 0 Å². The molecule has 1 aliphatic rings. The highest BCUT2D eigenvalue weighted by Gasteiger charge is 2.39. The fourth-order valence-corrected chi connectivity index (χ4v) is 4.40. The van der Waals surface area contributed by atoms with Gasteiger partial charge >= 0.3 is 5.97 Å². The van der Waals surface area contributed by atoms with E-state index in [2.05, 4.69) is 60.5 Å². The van der Waals surface area contributed by atoms with Gasteiger partial charge in [-0.05, 0) is 48.8 Å². The van der Waals surface area contributed by atoms with E-state index in [1.807, 2.05) is 13.0 Å². The summed E-state index contributed by atoms with van der Waals surface area (Å²) >= 11 is 3.13. The highest BCUT2D eigenvalue weighted by Crippen LogP contribution is 2.38. The van der Waals surface area contributed by atoms with Gasteiger partial charge in [0.25, 0.3) is 0 Å². The second-order valence-electron chi connectivity index (χ2n) is 8.73. The smallest absolute Gasteiger partial charge is 0.334 e. The Morgan fingerprint density at radius 1 is 1.27 bits per heavy atom. The van der Waals surface area contributed by atoms with Gasteiger partial charge in [-0.15, -0.1) is 0 Å². The molecule has 1 aliphatic heterocycles. The second kappa shape index (κ2) is 10.7. The molecule has 1 heterocycles. The molecule has 1 rings (SSSR count). The maximum atomic E-state index is 12.0. The molecule has 0 unspecified atom stereocenters. The summed E-state index contributed by atoms with van der Waals surface area (Å²) in [4.78, 5) is 14.8. The van der Waals surface area contributed by atoms with Gasteiger partial charge in [0.1, 0.15) is 6.10 Å². The average Bonchev–Trinajstić information content (AvgIpc) is 2.82. The van der Waals surface area contributed by atoms with Crippen molar-refractivity contribution < 1.29 is 14.0 Å². The van der Waals surface area contributed by atoms with Crippen molar-refractivity contribution in [3.05, 3.63) is 11.6 Å². The second-order valence-corrected chi connectivity index (χ2v) is 13.9. The van der Waals surface area contributed by atoms with Gasteiger partial charge in [0, 0.05) is 40.4 Å². The Morgan fingerprint density at radius 2 is 1.92 bits per heavy atom. The Labute approximate surface area is 169 Å². The van der Waals surface area contributed by atoms with E-state index in [9.17, 15) is 4.79 Å². The quantitative estimate of drug-likeness (QED) is 0.171. The summed E-state index contributed by atoms with van der Waals surface area (Å²) in [5.41, 5.74) is 0.786. The summed E-state index contributed by atoms with van der Waals surface area (Å²) in [5.74, 6) is 2.87. The molecule has 0 spiro atoms. The Kier molecular flexibility index (Phi) is 9.64. The molecule has 0 radical (unpaired) electrons. The van der Waals surface area contributed by atoms with Crippen LogP contribution < -0.4 is 0 Å². The van der Waals surface area contributed by atoms with Crippen molar-refractivity contribution >= 4 is 30.2 Å². The molecule has 26 heavy (non-hydrogen) atoms. The molecular weight excluding hydrogens is 408 g/mol. The molecule has 0 saturated heterocycles. The number of unbranched alkanes of at least 4 members (excludes halogenated alkanes) is 4. The van der Waals surface area contributed by atoms with Gasteiger partial charge in [-0.2, -0.15) is 0 Å². The molecule has 0 saturated carbocycles. The van der Waals surface area contributed by atoms with Crippen LogP contribution >= 0.6 is 15.9 Å². The SMILES string of the molecule is C[C@H]1C=C(C[C@@H](CCCCCCC#CBr)O[Si](C)(C)C(C)(C)C)C(=O)O1. The third-order valence-corrected chi connectivity index (χ3v) is 10.2. The average molecular weight is 443 g/mol. The van der Waals surface area contributed by atoms with E-state index in [0.29, 0.717) is 6.42 Å². The molecule has 0 bridgehead atoms. The van der Waals surface area contributed by atoms with Gasteiger partial charge in [-0.25, -0.2) is 4.79 Å². The van der Waals surface area contributed by atoms with Crippen LogP contribution in [0.4, 0.5) is 0 Å². The topological polar surface area (TPSA) is 35.5 Å². The molecule has 3 nitrogen and oxygen atoms in total. The summed E-state index contributed by atoms with van der Waals surface area (Å²) in [6, 6.07) is 0. The van der Waals surface area contributed by atoms with Gasteiger partial charge in [-0.3, -0.25) is 0 Å². The predicted molar refractivity (Wildman–Crippen MR) is 115 cm³/mol. The molecule has 5 heteroatoms. The van der Waals surface area contributed by atoms with Crippen molar-refractivity contribution in [2.45, 2.75) is 103 Å². The van der Waals surface area contributed by atoms with Crippen LogP contribution in [-0.2, 0) is 14.0 Å². The largest absolute Gasteiger partial charge is 0.455 e. The third-order valence-electron chi connectivity index (χ3n) is 5.35. The number of hydrogen-bond donors (Lipinski definition) is 0. The Balaban J connectivity index is 2.62. The van der Waals surface area contributed by atoms with E-state index in [-0.39, 0.29) is 23.2 Å². The van der Waals surface area contributed by atoms with E-state index in [1.165, 1.54) is 12.8 Å².